The minimum absolute atomic E-state index is 0.0683. The molecule has 0 aliphatic carbocycles. The van der Waals surface area contributed by atoms with Crippen molar-refractivity contribution in [3.05, 3.63) is 28.5 Å². The maximum atomic E-state index is 11.8. The zero-order valence-corrected chi connectivity index (χ0v) is 11.9. The van der Waals surface area contributed by atoms with Crippen LogP contribution in [0.5, 0.6) is 0 Å². The van der Waals surface area contributed by atoms with Gasteiger partial charge in [0.1, 0.15) is 5.69 Å². The number of anilines is 1. The molecule has 2 rings (SSSR count). The highest BCUT2D eigenvalue weighted by Crippen LogP contribution is 2.21. The quantitative estimate of drug-likeness (QED) is 0.874. The normalized spacial score (nSPS) is 10.5. The maximum absolute atomic E-state index is 11.8. The summed E-state index contributed by atoms with van der Waals surface area (Å²) in [4.78, 5) is 27.9. The molecule has 20 heavy (non-hydrogen) atoms. The molecule has 0 spiro atoms. The van der Waals surface area contributed by atoms with Crippen LogP contribution in [0.1, 0.15) is 27.5 Å². The van der Waals surface area contributed by atoms with E-state index < -0.39 is 5.97 Å². The molecule has 0 saturated heterocycles. The number of hydrogen-bond acceptors (Lipinski definition) is 5. The molecule has 0 aromatic carbocycles. The van der Waals surface area contributed by atoms with E-state index in [1.54, 1.807) is 0 Å². The Morgan fingerprint density at radius 1 is 1.45 bits per heavy atom. The summed E-state index contributed by atoms with van der Waals surface area (Å²) < 4.78 is 1.29. The number of nitrogens with zero attached hydrogens (tertiary/aromatic N) is 3. The van der Waals surface area contributed by atoms with E-state index in [0.717, 1.165) is 10.6 Å². The van der Waals surface area contributed by atoms with E-state index in [1.165, 1.54) is 28.3 Å². The van der Waals surface area contributed by atoms with Gasteiger partial charge < -0.3 is 10.4 Å². The fraction of sp³-hybridized carbons (Fsp3) is 0.333. The first kappa shape index (κ1) is 14.2. The van der Waals surface area contributed by atoms with Crippen molar-refractivity contribution >= 4 is 28.3 Å². The van der Waals surface area contributed by atoms with E-state index >= 15 is 0 Å². The van der Waals surface area contributed by atoms with Crippen LogP contribution in [-0.4, -0.2) is 31.7 Å². The van der Waals surface area contributed by atoms with E-state index in [9.17, 15) is 9.59 Å². The molecule has 0 fully saturated rings. The number of hydrogen-bond donors (Lipinski definition) is 2. The molecular formula is C12H14N4O3S. The summed E-state index contributed by atoms with van der Waals surface area (Å²) in [5, 5.41) is 16.0. The van der Waals surface area contributed by atoms with E-state index in [4.69, 9.17) is 5.11 Å². The third-order valence-corrected chi connectivity index (χ3v) is 3.75. The van der Waals surface area contributed by atoms with Gasteiger partial charge in [0.2, 0.25) is 5.91 Å². The number of carboxylic acid groups (broad SMARTS) is 1. The summed E-state index contributed by atoms with van der Waals surface area (Å²) in [6.45, 7) is 4.03. The molecule has 7 nitrogen and oxygen atoms in total. The molecule has 0 saturated carbocycles. The van der Waals surface area contributed by atoms with Crippen molar-refractivity contribution in [1.29, 1.82) is 0 Å². The lowest BCUT2D eigenvalue weighted by molar-refractivity contribution is -0.116. The molecule has 8 heteroatoms. The average molecular weight is 294 g/mol. The summed E-state index contributed by atoms with van der Waals surface area (Å²) in [5.41, 5.74) is 0.962. The lowest BCUT2D eigenvalue weighted by atomic mass is 10.3. The Kier molecular flexibility index (Phi) is 4.14. The van der Waals surface area contributed by atoms with Gasteiger partial charge in [-0.2, -0.15) is 5.10 Å². The smallest absolute Gasteiger partial charge is 0.354 e. The molecule has 0 aliphatic heterocycles. The van der Waals surface area contributed by atoms with Crippen LogP contribution >= 0.6 is 11.3 Å². The van der Waals surface area contributed by atoms with Gasteiger partial charge in [-0.1, -0.05) is 0 Å². The SMILES string of the molecule is Cc1nc(NC(=O)CCn2nccc2C(=O)O)sc1C. The second-order valence-corrected chi connectivity index (χ2v) is 5.41. The highest BCUT2D eigenvalue weighted by molar-refractivity contribution is 7.15. The number of thiazole rings is 1. The largest absolute Gasteiger partial charge is 0.477 e. The van der Waals surface area contributed by atoms with Crippen LogP contribution < -0.4 is 5.32 Å². The second kappa shape index (κ2) is 5.83. The lowest BCUT2D eigenvalue weighted by Crippen LogP contribution is -2.17. The van der Waals surface area contributed by atoms with Crippen LogP contribution in [-0.2, 0) is 11.3 Å². The van der Waals surface area contributed by atoms with Crippen LogP contribution in [0.15, 0.2) is 12.3 Å². The molecule has 2 aromatic rings. The highest BCUT2D eigenvalue weighted by Gasteiger charge is 2.12. The average Bonchev–Trinajstić information content (AvgIpc) is 2.94. The fourth-order valence-corrected chi connectivity index (χ4v) is 2.44. The van der Waals surface area contributed by atoms with Gasteiger partial charge in [-0.05, 0) is 19.9 Å². The summed E-state index contributed by atoms with van der Waals surface area (Å²) in [6, 6.07) is 1.40. The molecule has 0 radical (unpaired) electrons. The first-order valence-corrected chi connectivity index (χ1v) is 6.78. The molecule has 2 heterocycles. The molecular weight excluding hydrogens is 280 g/mol. The molecule has 0 atom stereocenters. The molecule has 2 aromatic heterocycles. The summed E-state index contributed by atoms with van der Waals surface area (Å²) in [7, 11) is 0. The van der Waals surface area contributed by atoms with Gasteiger partial charge in [0.25, 0.3) is 0 Å². The van der Waals surface area contributed by atoms with Crippen molar-refractivity contribution in [2.75, 3.05) is 5.32 Å². The Morgan fingerprint density at radius 2 is 2.20 bits per heavy atom. The molecule has 106 valence electrons. The van der Waals surface area contributed by atoms with E-state index in [1.807, 2.05) is 13.8 Å². The lowest BCUT2D eigenvalue weighted by Gasteiger charge is -2.04. The third kappa shape index (κ3) is 3.21. The number of amides is 1. The zero-order valence-electron chi connectivity index (χ0n) is 11.1. The maximum Gasteiger partial charge on any atom is 0.354 e. The fourth-order valence-electron chi connectivity index (χ4n) is 1.61. The summed E-state index contributed by atoms with van der Waals surface area (Å²) in [5.74, 6) is -1.28. The first-order valence-electron chi connectivity index (χ1n) is 5.96. The topological polar surface area (TPSA) is 97.1 Å². The van der Waals surface area contributed by atoms with Crippen molar-refractivity contribution in [3.63, 3.8) is 0 Å². The minimum Gasteiger partial charge on any atom is -0.477 e. The number of rotatable bonds is 5. The summed E-state index contributed by atoms with van der Waals surface area (Å²) >= 11 is 1.41. The number of carboxylic acids is 1. The van der Waals surface area contributed by atoms with Crippen LogP contribution in [0.2, 0.25) is 0 Å². The van der Waals surface area contributed by atoms with Gasteiger partial charge in [-0.25, -0.2) is 9.78 Å². The predicted molar refractivity (Wildman–Crippen MR) is 74.0 cm³/mol. The standard InChI is InChI=1S/C12H14N4O3S/c1-7-8(2)20-12(14-7)15-10(17)4-6-16-9(11(18)19)3-5-13-16/h3,5H,4,6H2,1-2H3,(H,18,19)(H,14,15,17). The van der Waals surface area contributed by atoms with Crippen molar-refractivity contribution in [2.45, 2.75) is 26.8 Å². The highest BCUT2D eigenvalue weighted by atomic mass is 32.1. The Morgan fingerprint density at radius 3 is 2.80 bits per heavy atom. The number of carbonyl (C=O) groups is 2. The first-order chi connectivity index (χ1) is 9.47. The van der Waals surface area contributed by atoms with E-state index in [2.05, 4.69) is 15.4 Å². The molecule has 0 aliphatic rings. The molecule has 2 N–H and O–H groups in total. The number of nitrogens with one attached hydrogen (secondary N) is 1. The number of aryl methyl sites for hydroxylation is 3. The molecule has 0 bridgehead atoms. The Balaban J connectivity index is 1.92. The van der Waals surface area contributed by atoms with Gasteiger partial charge in [0.15, 0.2) is 5.13 Å². The van der Waals surface area contributed by atoms with Gasteiger partial charge in [0.05, 0.1) is 12.2 Å². The number of carbonyl (C=O) groups excluding carboxylic acids is 1. The number of aromatic nitrogens is 3. The summed E-state index contributed by atoms with van der Waals surface area (Å²) in [6.07, 6.45) is 1.54. The Bertz CT molecular complexity index is 627. The van der Waals surface area contributed by atoms with Crippen LogP contribution in [0.25, 0.3) is 0 Å². The minimum atomic E-state index is -1.06. The van der Waals surface area contributed by atoms with E-state index in [0.29, 0.717) is 5.13 Å². The second-order valence-electron chi connectivity index (χ2n) is 4.20. The van der Waals surface area contributed by atoms with Crippen molar-refractivity contribution < 1.29 is 14.7 Å². The number of aromatic carboxylic acids is 1. The third-order valence-electron chi connectivity index (χ3n) is 2.76. The van der Waals surface area contributed by atoms with Crippen LogP contribution in [0, 0.1) is 13.8 Å². The van der Waals surface area contributed by atoms with E-state index in [-0.39, 0.29) is 24.6 Å². The van der Waals surface area contributed by atoms with Gasteiger partial charge in [0, 0.05) is 17.5 Å². The van der Waals surface area contributed by atoms with Crippen molar-refractivity contribution in [3.8, 4) is 0 Å². The van der Waals surface area contributed by atoms with Gasteiger partial charge in [-0.3, -0.25) is 9.48 Å². The van der Waals surface area contributed by atoms with Crippen LogP contribution in [0.4, 0.5) is 5.13 Å². The Labute approximate surface area is 119 Å². The molecule has 0 unspecified atom stereocenters. The van der Waals surface area contributed by atoms with Gasteiger partial charge in [-0.15, -0.1) is 11.3 Å². The monoisotopic (exact) mass is 294 g/mol. The Hall–Kier alpha value is -2.22. The predicted octanol–water partition coefficient (Wildman–Crippen LogP) is 1.68. The zero-order chi connectivity index (χ0) is 14.7. The van der Waals surface area contributed by atoms with Crippen LogP contribution in [0.3, 0.4) is 0 Å². The van der Waals surface area contributed by atoms with Gasteiger partial charge >= 0.3 is 5.97 Å². The molecule has 1 amide bonds. The van der Waals surface area contributed by atoms with Crippen molar-refractivity contribution in [2.24, 2.45) is 0 Å². The van der Waals surface area contributed by atoms with Crippen molar-refractivity contribution in [1.82, 2.24) is 14.8 Å².